The van der Waals surface area contributed by atoms with Crippen LogP contribution < -0.4 is 5.73 Å². The first kappa shape index (κ1) is 11.6. The summed E-state index contributed by atoms with van der Waals surface area (Å²) in [5.41, 5.74) is 6.40. The molecule has 0 unspecified atom stereocenters. The van der Waals surface area contributed by atoms with Crippen LogP contribution in [-0.2, 0) is 16.1 Å². The number of imide groups is 1. The summed E-state index contributed by atoms with van der Waals surface area (Å²) in [5.74, 6) is -0.358. The van der Waals surface area contributed by atoms with Gasteiger partial charge in [-0.15, -0.1) is 0 Å². The second kappa shape index (κ2) is 4.97. The molecule has 1 aromatic carbocycles. The van der Waals surface area contributed by atoms with Gasteiger partial charge in [0.25, 0.3) is 0 Å². The van der Waals surface area contributed by atoms with Crippen molar-refractivity contribution >= 4 is 12.0 Å². The standard InChI is InChI=1S/C12H14N2O3/c13-10-6-7-14(11(10)15)12(16)17-8-9-4-2-1-3-5-9/h1-5,10H,6-8,13H2/t10-/m1/s1. The van der Waals surface area contributed by atoms with Crippen LogP contribution in [-0.4, -0.2) is 29.5 Å². The van der Waals surface area contributed by atoms with E-state index in [-0.39, 0.29) is 12.5 Å². The highest BCUT2D eigenvalue weighted by molar-refractivity contribution is 5.96. The van der Waals surface area contributed by atoms with Crippen molar-refractivity contribution < 1.29 is 14.3 Å². The Morgan fingerprint density at radius 2 is 2.12 bits per heavy atom. The van der Waals surface area contributed by atoms with Crippen molar-refractivity contribution in [1.29, 1.82) is 0 Å². The van der Waals surface area contributed by atoms with Crippen LogP contribution in [0.5, 0.6) is 0 Å². The Hall–Kier alpha value is -1.88. The van der Waals surface area contributed by atoms with Crippen LogP contribution in [0.15, 0.2) is 30.3 Å². The Labute approximate surface area is 99.2 Å². The minimum absolute atomic E-state index is 0.165. The Bertz CT molecular complexity index is 419. The molecule has 1 heterocycles. The number of likely N-dealkylation sites (tertiary alicyclic amines) is 1. The summed E-state index contributed by atoms with van der Waals surface area (Å²) in [5, 5.41) is 0. The minimum atomic E-state index is -0.619. The Morgan fingerprint density at radius 1 is 1.41 bits per heavy atom. The van der Waals surface area contributed by atoms with E-state index in [2.05, 4.69) is 0 Å². The zero-order valence-corrected chi connectivity index (χ0v) is 9.33. The summed E-state index contributed by atoms with van der Waals surface area (Å²) >= 11 is 0. The molecule has 0 radical (unpaired) electrons. The van der Waals surface area contributed by atoms with Crippen LogP contribution in [0.3, 0.4) is 0 Å². The molecule has 1 saturated heterocycles. The van der Waals surface area contributed by atoms with E-state index in [1.165, 1.54) is 0 Å². The number of ether oxygens (including phenoxy) is 1. The van der Waals surface area contributed by atoms with Crippen LogP contribution in [0, 0.1) is 0 Å². The van der Waals surface area contributed by atoms with Gasteiger partial charge in [0.1, 0.15) is 6.61 Å². The molecule has 1 fully saturated rings. The molecule has 0 aromatic heterocycles. The number of carbonyl (C=O) groups is 2. The van der Waals surface area contributed by atoms with E-state index in [4.69, 9.17) is 10.5 Å². The van der Waals surface area contributed by atoms with Crippen molar-refractivity contribution in [2.45, 2.75) is 19.1 Å². The fourth-order valence-electron chi connectivity index (χ4n) is 1.68. The summed E-state index contributed by atoms with van der Waals surface area (Å²) in [4.78, 5) is 24.1. The number of nitrogens with two attached hydrogens (primary N) is 1. The smallest absolute Gasteiger partial charge is 0.416 e. The molecule has 2 rings (SSSR count). The topological polar surface area (TPSA) is 72.6 Å². The van der Waals surface area contributed by atoms with Gasteiger partial charge < -0.3 is 10.5 Å². The van der Waals surface area contributed by atoms with Gasteiger partial charge >= 0.3 is 6.09 Å². The highest BCUT2D eigenvalue weighted by atomic mass is 16.6. The van der Waals surface area contributed by atoms with Crippen molar-refractivity contribution in [3.8, 4) is 0 Å². The van der Waals surface area contributed by atoms with Crippen molar-refractivity contribution in [2.75, 3.05) is 6.54 Å². The molecule has 2 N–H and O–H groups in total. The quantitative estimate of drug-likeness (QED) is 0.824. The van der Waals surface area contributed by atoms with E-state index in [0.29, 0.717) is 13.0 Å². The van der Waals surface area contributed by atoms with Crippen LogP contribution in [0.2, 0.25) is 0 Å². The number of amides is 2. The number of carbonyl (C=O) groups excluding carboxylic acids is 2. The van der Waals surface area contributed by atoms with Crippen LogP contribution in [0.4, 0.5) is 4.79 Å². The minimum Gasteiger partial charge on any atom is -0.444 e. The zero-order chi connectivity index (χ0) is 12.3. The molecular weight excluding hydrogens is 220 g/mol. The molecule has 1 aromatic rings. The Kier molecular flexibility index (Phi) is 3.39. The lowest BCUT2D eigenvalue weighted by Crippen LogP contribution is -2.38. The van der Waals surface area contributed by atoms with Gasteiger partial charge in [-0.25, -0.2) is 9.69 Å². The maximum atomic E-state index is 11.6. The molecule has 5 heteroatoms. The van der Waals surface area contributed by atoms with E-state index >= 15 is 0 Å². The molecule has 1 aliphatic rings. The van der Waals surface area contributed by atoms with Gasteiger partial charge in [0.05, 0.1) is 6.04 Å². The van der Waals surface area contributed by atoms with Crippen molar-refractivity contribution in [3.05, 3.63) is 35.9 Å². The molecule has 0 bridgehead atoms. The van der Waals surface area contributed by atoms with Gasteiger partial charge in [-0.3, -0.25) is 4.79 Å². The number of rotatable bonds is 2. The Morgan fingerprint density at radius 3 is 2.71 bits per heavy atom. The normalized spacial score (nSPS) is 19.5. The average molecular weight is 234 g/mol. The molecule has 1 aliphatic heterocycles. The summed E-state index contributed by atoms with van der Waals surface area (Å²) in [6.07, 6.45) is -0.119. The third-order valence-corrected chi connectivity index (χ3v) is 2.67. The van der Waals surface area contributed by atoms with Gasteiger partial charge in [0, 0.05) is 6.54 Å². The first-order valence-electron chi connectivity index (χ1n) is 5.46. The second-order valence-corrected chi connectivity index (χ2v) is 3.93. The first-order chi connectivity index (χ1) is 8.18. The highest BCUT2D eigenvalue weighted by Crippen LogP contribution is 2.11. The second-order valence-electron chi connectivity index (χ2n) is 3.93. The SMILES string of the molecule is N[C@@H]1CCN(C(=O)OCc2ccccc2)C1=O. The predicted octanol–water partition coefficient (Wildman–Crippen LogP) is 0.883. The van der Waals surface area contributed by atoms with Gasteiger partial charge in [-0.2, -0.15) is 0 Å². The average Bonchev–Trinajstić information content (AvgIpc) is 2.69. The maximum absolute atomic E-state index is 11.6. The number of benzene rings is 1. The number of hydrogen-bond acceptors (Lipinski definition) is 4. The largest absolute Gasteiger partial charge is 0.444 e. The van der Waals surface area contributed by atoms with Gasteiger partial charge in [0.2, 0.25) is 5.91 Å². The molecule has 2 amide bonds. The molecular formula is C12H14N2O3. The lowest BCUT2D eigenvalue weighted by molar-refractivity contribution is -0.127. The van der Waals surface area contributed by atoms with Crippen LogP contribution >= 0.6 is 0 Å². The van der Waals surface area contributed by atoms with E-state index in [9.17, 15) is 9.59 Å². The molecule has 17 heavy (non-hydrogen) atoms. The van der Waals surface area contributed by atoms with E-state index in [0.717, 1.165) is 10.5 Å². The van der Waals surface area contributed by atoms with Gasteiger partial charge in [-0.1, -0.05) is 30.3 Å². The van der Waals surface area contributed by atoms with E-state index in [1.807, 2.05) is 30.3 Å². The zero-order valence-electron chi connectivity index (χ0n) is 9.33. The van der Waals surface area contributed by atoms with Crippen LogP contribution in [0.25, 0.3) is 0 Å². The van der Waals surface area contributed by atoms with Gasteiger partial charge in [0.15, 0.2) is 0 Å². The number of hydrogen-bond donors (Lipinski definition) is 1. The highest BCUT2D eigenvalue weighted by Gasteiger charge is 2.34. The van der Waals surface area contributed by atoms with E-state index < -0.39 is 12.1 Å². The predicted molar refractivity (Wildman–Crippen MR) is 60.9 cm³/mol. The lowest BCUT2D eigenvalue weighted by Gasteiger charge is -2.13. The maximum Gasteiger partial charge on any atom is 0.416 e. The third-order valence-electron chi connectivity index (χ3n) is 2.67. The fraction of sp³-hybridized carbons (Fsp3) is 0.333. The Balaban J connectivity index is 1.88. The van der Waals surface area contributed by atoms with Crippen molar-refractivity contribution in [3.63, 3.8) is 0 Å². The molecule has 1 atom stereocenters. The third kappa shape index (κ3) is 2.62. The fourth-order valence-corrected chi connectivity index (χ4v) is 1.68. The first-order valence-corrected chi connectivity index (χ1v) is 5.46. The summed E-state index contributed by atoms with van der Waals surface area (Å²) < 4.78 is 5.04. The molecule has 5 nitrogen and oxygen atoms in total. The summed E-state index contributed by atoms with van der Waals surface area (Å²) in [7, 11) is 0. The number of nitrogens with zero attached hydrogens (tertiary/aromatic N) is 1. The molecule has 0 spiro atoms. The van der Waals surface area contributed by atoms with E-state index in [1.54, 1.807) is 0 Å². The summed E-state index contributed by atoms with van der Waals surface area (Å²) in [6.45, 7) is 0.506. The van der Waals surface area contributed by atoms with Crippen LogP contribution in [0.1, 0.15) is 12.0 Å². The summed E-state index contributed by atoms with van der Waals surface area (Å²) in [6, 6.07) is 8.74. The monoisotopic (exact) mass is 234 g/mol. The molecule has 0 aliphatic carbocycles. The lowest BCUT2D eigenvalue weighted by atomic mass is 10.2. The van der Waals surface area contributed by atoms with Gasteiger partial charge in [-0.05, 0) is 12.0 Å². The molecule has 0 saturated carbocycles. The molecule has 90 valence electrons. The van der Waals surface area contributed by atoms with Crippen molar-refractivity contribution in [2.24, 2.45) is 5.73 Å². The van der Waals surface area contributed by atoms with Crippen molar-refractivity contribution in [1.82, 2.24) is 4.90 Å².